The highest BCUT2D eigenvalue weighted by Crippen LogP contribution is 2.28. The van der Waals surface area contributed by atoms with Gasteiger partial charge in [0.2, 0.25) is 10.0 Å². The Balaban J connectivity index is 1.51. The van der Waals surface area contributed by atoms with Crippen molar-refractivity contribution in [1.29, 1.82) is 0 Å². The smallest absolute Gasteiger partial charge is 0.244 e. The molecule has 7 heteroatoms. The molecule has 0 aliphatic carbocycles. The first-order chi connectivity index (χ1) is 13.1. The van der Waals surface area contributed by atoms with Crippen molar-refractivity contribution < 1.29 is 13.2 Å². The predicted octanol–water partition coefficient (Wildman–Crippen LogP) is 2.75. The predicted molar refractivity (Wildman–Crippen MR) is 104 cm³/mol. The second-order valence-electron chi connectivity index (χ2n) is 7.13. The van der Waals surface area contributed by atoms with E-state index in [0.717, 1.165) is 25.2 Å². The molecule has 1 aromatic carbocycles. The molecule has 2 saturated heterocycles. The molecule has 1 unspecified atom stereocenters. The van der Waals surface area contributed by atoms with Crippen LogP contribution in [0.4, 0.5) is 5.82 Å². The van der Waals surface area contributed by atoms with E-state index in [1.54, 1.807) is 10.4 Å². The molecule has 0 spiro atoms. The molecule has 1 aromatic heterocycles. The minimum atomic E-state index is -3.42. The summed E-state index contributed by atoms with van der Waals surface area (Å²) in [6.45, 7) is 5.36. The first-order valence-corrected chi connectivity index (χ1v) is 10.9. The van der Waals surface area contributed by atoms with E-state index >= 15 is 0 Å². The van der Waals surface area contributed by atoms with Crippen molar-refractivity contribution in [2.75, 3.05) is 37.7 Å². The summed E-state index contributed by atoms with van der Waals surface area (Å²) in [6, 6.07) is 11.7. The Morgan fingerprint density at radius 2 is 1.85 bits per heavy atom. The van der Waals surface area contributed by atoms with Gasteiger partial charge in [-0.3, -0.25) is 0 Å². The standard InChI is InChI=1S/C20H25N3O3S/c1-16-6-2-3-7-18(16)19-15-22(12-13-26-19)20-9-8-17(14-21-20)27(24,25)23-10-4-5-11-23/h2-3,6-9,14,19H,4-5,10-13,15H2,1H3. The molecule has 2 aliphatic heterocycles. The number of morpholine rings is 1. The highest BCUT2D eigenvalue weighted by atomic mass is 32.2. The molecule has 3 heterocycles. The monoisotopic (exact) mass is 387 g/mol. The zero-order chi connectivity index (χ0) is 18.9. The van der Waals surface area contributed by atoms with Crippen molar-refractivity contribution in [3.63, 3.8) is 0 Å². The molecule has 0 saturated carbocycles. The number of pyridine rings is 1. The topological polar surface area (TPSA) is 62.7 Å². The van der Waals surface area contributed by atoms with Crippen molar-refractivity contribution in [2.45, 2.75) is 30.8 Å². The lowest BCUT2D eigenvalue weighted by Gasteiger charge is -2.34. The van der Waals surface area contributed by atoms with Crippen molar-refractivity contribution in [3.8, 4) is 0 Å². The molecule has 27 heavy (non-hydrogen) atoms. The minimum Gasteiger partial charge on any atom is -0.370 e. The van der Waals surface area contributed by atoms with Crippen LogP contribution in [0.3, 0.4) is 0 Å². The summed E-state index contributed by atoms with van der Waals surface area (Å²) in [6.07, 6.45) is 3.34. The molecular weight excluding hydrogens is 362 g/mol. The Morgan fingerprint density at radius 1 is 1.07 bits per heavy atom. The summed E-state index contributed by atoms with van der Waals surface area (Å²) >= 11 is 0. The number of nitrogens with zero attached hydrogens (tertiary/aromatic N) is 3. The van der Waals surface area contributed by atoms with E-state index in [2.05, 4.69) is 28.9 Å². The summed E-state index contributed by atoms with van der Waals surface area (Å²) in [4.78, 5) is 6.89. The summed E-state index contributed by atoms with van der Waals surface area (Å²) in [5, 5.41) is 0. The molecule has 6 nitrogen and oxygen atoms in total. The fraction of sp³-hybridized carbons (Fsp3) is 0.450. The van der Waals surface area contributed by atoms with Crippen LogP contribution in [0.5, 0.6) is 0 Å². The fourth-order valence-electron chi connectivity index (χ4n) is 3.78. The van der Waals surface area contributed by atoms with Gasteiger partial charge in [-0.05, 0) is 43.0 Å². The highest BCUT2D eigenvalue weighted by molar-refractivity contribution is 7.89. The fourth-order valence-corrected chi connectivity index (χ4v) is 5.25. The number of rotatable bonds is 4. The van der Waals surface area contributed by atoms with Gasteiger partial charge in [0, 0.05) is 32.4 Å². The zero-order valence-electron chi connectivity index (χ0n) is 15.5. The van der Waals surface area contributed by atoms with Gasteiger partial charge in [-0.15, -0.1) is 0 Å². The maximum absolute atomic E-state index is 12.6. The van der Waals surface area contributed by atoms with E-state index in [1.165, 1.54) is 17.3 Å². The molecule has 2 aromatic rings. The Bertz CT molecular complexity index is 893. The second-order valence-corrected chi connectivity index (χ2v) is 9.06. The first kappa shape index (κ1) is 18.4. The van der Waals surface area contributed by atoms with Crippen molar-refractivity contribution in [3.05, 3.63) is 53.7 Å². The molecule has 0 N–H and O–H groups in total. The van der Waals surface area contributed by atoms with Crippen LogP contribution < -0.4 is 4.90 Å². The Labute approximate surface area is 160 Å². The molecule has 0 bridgehead atoms. The molecule has 0 radical (unpaired) electrons. The van der Waals surface area contributed by atoms with Crippen LogP contribution in [0.15, 0.2) is 47.5 Å². The van der Waals surface area contributed by atoms with Gasteiger partial charge >= 0.3 is 0 Å². The van der Waals surface area contributed by atoms with Crippen molar-refractivity contribution in [1.82, 2.24) is 9.29 Å². The maximum Gasteiger partial charge on any atom is 0.244 e. The van der Waals surface area contributed by atoms with Crippen LogP contribution in [-0.2, 0) is 14.8 Å². The van der Waals surface area contributed by atoms with Crippen LogP contribution in [0, 0.1) is 6.92 Å². The van der Waals surface area contributed by atoms with Gasteiger partial charge in [0.25, 0.3) is 0 Å². The van der Waals surface area contributed by atoms with E-state index < -0.39 is 10.0 Å². The number of anilines is 1. The molecular formula is C20H25N3O3S. The van der Waals surface area contributed by atoms with Gasteiger partial charge in [-0.2, -0.15) is 4.31 Å². The maximum atomic E-state index is 12.6. The number of benzene rings is 1. The van der Waals surface area contributed by atoms with E-state index in [1.807, 2.05) is 18.2 Å². The van der Waals surface area contributed by atoms with Crippen LogP contribution in [0.1, 0.15) is 30.1 Å². The third kappa shape index (κ3) is 3.72. The quantitative estimate of drug-likeness (QED) is 0.807. The average molecular weight is 388 g/mol. The van der Waals surface area contributed by atoms with Crippen LogP contribution in [0.25, 0.3) is 0 Å². The number of hydrogen-bond donors (Lipinski definition) is 0. The third-order valence-electron chi connectivity index (χ3n) is 5.35. The average Bonchev–Trinajstić information content (AvgIpc) is 3.24. The SMILES string of the molecule is Cc1ccccc1C1CN(c2ccc(S(=O)(=O)N3CCCC3)cn2)CCO1. The first-order valence-electron chi connectivity index (χ1n) is 9.44. The summed E-state index contributed by atoms with van der Waals surface area (Å²) < 4.78 is 32.8. The second kappa shape index (κ2) is 7.58. The van der Waals surface area contributed by atoms with Gasteiger partial charge < -0.3 is 9.64 Å². The third-order valence-corrected chi connectivity index (χ3v) is 7.23. The molecule has 4 rings (SSSR count). The molecule has 2 aliphatic rings. The normalized spacial score (nSPS) is 21.5. The molecule has 144 valence electrons. The van der Waals surface area contributed by atoms with Crippen molar-refractivity contribution >= 4 is 15.8 Å². The number of ether oxygens (including phenoxy) is 1. The number of sulfonamides is 1. The molecule has 2 fully saturated rings. The lowest BCUT2D eigenvalue weighted by atomic mass is 10.0. The summed E-state index contributed by atoms with van der Waals surface area (Å²) in [5.41, 5.74) is 2.40. The van der Waals surface area contributed by atoms with Crippen LogP contribution in [0.2, 0.25) is 0 Å². The number of hydrogen-bond acceptors (Lipinski definition) is 5. The lowest BCUT2D eigenvalue weighted by molar-refractivity contribution is 0.0391. The summed E-state index contributed by atoms with van der Waals surface area (Å²) in [7, 11) is -3.42. The van der Waals surface area contributed by atoms with E-state index in [9.17, 15) is 8.42 Å². The van der Waals surface area contributed by atoms with Gasteiger partial charge in [-0.1, -0.05) is 24.3 Å². The van der Waals surface area contributed by atoms with Gasteiger partial charge in [0.15, 0.2) is 0 Å². The van der Waals surface area contributed by atoms with Gasteiger partial charge in [0.1, 0.15) is 16.8 Å². The van der Waals surface area contributed by atoms with E-state index in [4.69, 9.17) is 4.74 Å². The van der Waals surface area contributed by atoms with Gasteiger partial charge in [0.05, 0.1) is 6.61 Å². The Morgan fingerprint density at radius 3 is 2.56 bits per heavy atom. The lowest BCUT2D eigenvalue weighted by Crippen LogP contribution is -2.39. The summed E-state index contributed by atoms with van der Waals surface area (Å²) in [5.74, 6) is 0.789. The highest BCUT2D eigenvalue weighted by Gasteiger charge is 2.28. The number of aryl methyl sites for hydroxylation is 1. The molecule has 0 amide bonds. The molecule has 1 atom stereocenters. The van der Waals surface area contributed by atoms with E-state index in [0.29, 0.717) is 26.2 Å². The van der Waals surface area contributed by atoms with E-state index in [-0.39, 0.29) is 11.0 Å². The minimum absolute atomic E-state index is 0.00485. The van der Waals surface area contributed by atoms with Crippen LogP contribution in [-0.4, -0.2) is 50.5 Å². The largest absolute Gasteiger partial charge is 0.370 e. The Hall–Kier alpha value is -1.96. The van der Waals surface area contributed by atoms with Crippen molar-refractivity contribution in [2.24, 2.45) is 0 Å². The number of aromatic nitrogens is 1. The Kier molecular flexibility index (Phi) is 5.16. The van der Waals surface area contributed by atoms with Gasteiger partial charge in [-0.25, -0.2) is 13.4 Å². The zero-order valence-corrected chi connectivity index (χ0v) is 16.4. The van der Waals surface area contributed by atoms with Crippen LogP contribution >= 0.6 is 0 Å².